The lowest BCUT2D eigenvalue weighted by molar-refractivity contribution is -0.147. The van der Waals surface area contributed by atoms with Crippen molar-refractivity contribution in [3.8, 4) is 5.75 Å². The Bertz CT molecular complexity index is 547. The van der Waals surface area contributed by atoms with Crippen LogP contribution in [0.5, 0.6) is 5.75 Å². The van der Waals surface area contributed by atoms with Gasteiger partial charge in [-0.2, -0.15) is 0 Å². The van der Waals surface area contributed by atoms with Gasteiger partial charge in [0.2, 0.25) is 5.91 Å². The SMILES string of the molecule is COc1ccc(Cl)cc1CC(=O)OCC(=O)NCC(N)=O. The van der Waals surface area contributed by atoms with Crippen molar-refractivity contribution in [3.05, 3.63) is 28.8 Å². The van der Waals surface area contributed by atoms with E-state index < -0.39 is 24.4 Å². The van der Waals surface area contributed by atoms with Crippen LogP contribution in [0.3, 0.4) is 0 Å². The van der Waals surface area contributed by atoms with Crippen molar-refractivity contribution in [2.75, 3.05) is 20.3 Å². The minimum Gasteiger partial charge on any atom is -0.496 e. The number of hydrogen-bond acceptors (Lipinski definition) is 5. The Labute approximate surface area is 126 Å². The fraction of sp³-hybridized carbons (Fsp3) is 0.308. The third-order valence-corrected chi connectivity index (χ3v) is 2.64. The Kier molecular flexibility index (Phi) is 6.48. The number of esters is 1. The van der Waals surface area contributed by atoms with Crippen LogP contribution in [-0.4, -0.2) is 38.0 Å². The zero-order valence-electron chi connectivity index (χ0n) is 11.3. The van der Waals surface area contributed by atoms with Crippen LogP contribution in [0.1, 0.15) is 5.56 Å². The smallest absolute Gasteiger partial charge is 0.310 e. The maximum Gasteiger partial charge on any atom is 0.310 e. The highest BCUT2D eigenvalue weighted by atomic mass is 35.5. The highest BCUT2D eigenvalue weighted by molar-refractivity contribution is 6.30. The molecule has 1 rings (SSSR count). The van der Waals surface area contributed by atoms with Gasteiger partial charge in [0.15, 0.2) is 6.61 Å². The molecule has 0 aromatic heterocycles. The van der Waals surface area contributed by atoms with Crippen LogP contribution < -0.4 is 15.8 Å². The van der Waals surface area contributed by atoms with Gasteiger partial charge in [-0.1, -0.05) is 11.6 Å². The fourth-order valence-corrected chi connectivity index (χ4v) is 1.67. The lowest BCUT2D eigenvalue weighted by atomic mass is 10.1. The Morgan fingerprint density at radius 1 is 1.33 bits per heavy atom. The van der Waals surface area contributed by atoms with E-state index in [1.165, 1.54) is 7.11 Å². The number of rotatable bonds is 7. The number of ether oxygens (including phenoxy) is 2. The summed E-state index contributed by atoms with van der Waals surface area (Å²) in [7, 11) is 1.47. The normalized spacial score (nSPS) is 9.81. The molecule has 1 aromatic rings. The van der Waals surface area contributed by atoms with E-state index in [0.717, 1.165) is 0 Å². The summed E-state index contributed by atoms with van der Waals surface area (Å²) in [5, 5.41) is 2.65. The van der Waals surface area contributed by atoms with Crippen LogP contribution in [0.15, 0.2) is 18.2 Å². The molecule has 0 radical (unpaired) electrons. The number of methoxy groups -OCH3 is 1. The molecule has 3 N–H and O–H groups in total. The fourth-order valence-electron chi connectivity index (χ4n) is 1.47. The number of primary amides is 1. The topological polar surface area (TPSA) is 108 Å². The second-order valence-corrected chi connectivity index (χ2v) is 4.47. The van der Waals surface area contributed by atoms with E-state index in [4.69, 9.17) is 26.8 Å². The molecule has 0 bridgehead atoms. The van der Waals surface area contributed by atoms with Gasteiger partial charge in [0, 0.05) is 10.6 Å². The van der Waals surface area contributed by atoms with Crippen LogP contribution in [0.25, 0.3) is 0 Å². The lowest BCUT2D eigenvalue weighted by Gasteiger charge is -2.09. The van der Waals surface area contributed by atoms with Crippen molar-refractivity contribution in [3.63, 3.8) is 0 Å². The summed E-state index contributed by atoms with van der Waals surface area (Å²) < 4.78 is 9.87. The summed E-state index contributed by atoms with van der Waals surface area (Å²) in [5.74, 6) is -1.42. The Hall–Kier alpha value is -2.28. The van der Waals surface area contributed by atoms with Crippen molar-refractivity contribution >= 4 is 29.4 Å². The molecule has 114 valence electrons. The van der Waals surface area contributed by atoms with Gasteiger partial charge in [-0.05, 0) is 18.2 Å². The van der Waals surface area contributed by atoms with Crippen LogP contribution in [-0.2, 0) is 25.5 Å². The first-order chi connectivity index (χ1) is 9.92. The minimum absolute atomic E-state index is 0.0904. The van der Waals surface area contributed by atoms with E-state index in [-0.39, 0.29) is 13.0 Å². The van der Waals surface area contributed by atoms with E-state index in [2.05, 4.69) is 5.32 Å². The van der Waals surface area contributed by atoms with Crippen molar-refractivity contribution in [1.29, 1.82) is 0 Å². The van der Waals surface area contributed by atoms with Crippen molar-refractivity contribution in [2.45, 2.75) is 6.42 Å². The first-order valence-electron chi connectivity index (χ1n) is 5.95. The van der Waals surface area contributed by atoms with Crippen molar-refractivity contribution in [2.24, 2.45) is 5.73 Å². The molecule has 7 nitrogen and oxygen atoms in total. The Morgan fingerprint density at radius 2 is 2.05 bits per heavy atom. The number of amides is 2. The Balaban J connectivity index is 2.49. The molecular weight excluding hydrogens is 300 g/mol. The quantitative estimate of drug-likeness (QED) is 0.691. The molecule has 0 spiro atoms. The maximum atomic E-state index is 11.6. The molecule has 0 heterocycles. The summed E-state index contributed by atoms with van der Waals surface area (Å²) in [6, 6.07) is 4.84. The zero-order chi connectivity index (χ0) is 15.8. The van der Waals surface area contributed by atoms with Crippen LogP contribution >= 0.6 is 11.6 Å². The molecule has 0 aliphatic carbocycles. The van der Waals surface area contributed by atoms with Crippen LogP contribution in [0.2, 0.25) is 5.02 Å². The lowest BCUT2D eigenvalue weighted by Crippen LogP contribution is -2.36. The molecule has 1 aromatic carbocycles. The molecule has 8 heteroatoms. The molecule has 0 saturated carbocycles. The van der Waals surface area contributed by atoms with Gasteiger partial charge in [-0.25, -0.2) is 0 Å². The third-order valence-electron chi connectivity index (χ3n) is 2.40. The molecule has 0 atom stereocenters. The van der Waals surface area contributed by atoms with Crippen molar-refractivity contribution < 1.29 is 23.9 Å². The van der Waals surface area contributed by atoms with Gasteiger partial charge in [-0.15, -0.1) is 0 Å². The molecule has 21 heavy (non-hydrogen) atoms. The second kappa shape index (κ2) is 8.11. The number of carbonyl (C=O) groups excluding carboxylic acids is 3. The van der Waals surface area contributed by atoms with Crippen LogP contribution in [0.4, 0.5) is 0 Å². The number of nitrogens with two attached hydrogens (primary N) is 1. The standard InChI is InChI=1S/C13H15ClN2O5/c1-20-10-3-2-9(14)4-8(10)5-13(19)21-7-12(18)16-6-11(15)17/h2-4H,5-7H2,1H3,(H2,15,17)(H,16,18). The highest BCUT2D eigenvalue weighted by Crippen LogP contribution is 2.23. The van der Waals surface area contributed by atoms with Crippen LogP contribution in [0, 0.1) is 0 Å². The maximum absolute atomic E-state index is 11.6. The number of hydrogen-bond donors (Lipinski definition) is 2. The number of halogens is 1. The molecular formula is C13H15ClN2O5. The van der Waals surface area contributed by atoms with Gasteiger partial charge in [0.05, 0.1) is 20.1 Å². The molecule has 0 saturated heterocycles. The average Bonchev–Trinajstić information content (AvgIpc) is 2.43. The van der Waals surface area contributed by atoms with Gasteiger partial charge >= 0.3 is 5.97 Å². The van der Waals surface area contributed by atoms with E-state index >= 15 is 0 Å². The molecule has 2 amide bonds. The summed E-state index contributed by atoms with van der Waals surface area (Å²) in [5.41, 5.74) is 5.41. The number of nitrogens with one attached hydrogen (secondary N) is 1. The molecule has 0 unspecified atom stereocenters. The van der Waals surface area contributed by atoms with E-state index in [9.17, 15) is 14.4 Å². The summed E-state index contributed by atoms with van der Waals surface area (Å²) in [6.07, 6.45) is -0.0904. The molecule has 0 aliphatic rings. The highest BCUT2D eigenvalue weighted by Gasteiger charge is 2.12. The second-order valence-electron chi connectivity index (χ2n) is 4.04. The number of carbonyl (C=O) groups is 3. The van der Waals surface area contributed by atoms with Gasteiger partial charge in [-0.3, -0.25) is 14.4 Å². The third kappa shape index (κ3) is 6.13. The molecule has 0 fully saturated rings. The summed E-state index contributed by atoms with van der Waals surface area (Å²) >= 11 is 5.84. The predicted octanol–water partition coefficient (Wildman–Crippen LogP) is 0.0358. The predicted molar refractivity (Wildman–Crippen MR) is 74.9 cm³/mol. The van der Waals surface area contributed by atoms with Gasteiger partial charge in [0.1, 0.15) is 5.75 Å². The minimum atomic E-state index is -0.682. The zero-order valence-corrected chi connectivity index (χ0v) is 12.1. The summed E-state index contributed by atoms with van der Waals surface area (Å²) in [4.78, 5) is 33.3. The summed E-state index contributed by atoms with van der Waals surface area (Å²) in [6.45, 7) is -0.798. The van der Waals surface area contributed by atoms with Crippen molar-refractivity contribution in [1.82, 2.24) is 5.32 Å². The average molecular weight is 315 g/mol. The first kappa shape index (κ1) is 16.8. The van der Waals surface area contributed by atoms with E-state index in [0.29, 0.717) is 16.3 Å². The largest absolute Gasteiger partial charge is 0.496 e. The first-order valence-corrected chi connectivity index (χ1v) is 6.33. The van der Waals surface area contributed by atoms with Gasteiger partial charge < -0.3 is 20.5 Å². The number of benzene rings is 1. The Morgan fingerprint density at radius 3 is 2.67 bits per heavy atom. The van der Waals surface area contributed by atoms with E-state index in [1.807, 2.05) is 0 Å². The monoisotopic (exact) mass is 314 g/mol. The molecule has 0 aliphatic heterocycles. The van der Waals surface area contributed by atoms with Gasteiger partial charge in [0.25, 0.3) is 5.91 Å². The van der Waals surface area contributed by atoms with E-state index in [1.54, 1.807) is 18.2 Å².